The Balaban J connectivity index is 1.34. The van der Waals surface area contributed by atoms with Gasteiger partial charge >= 0.3 is 0 Å². The first-order valence-corrected chi connectivity index (χ1v) is 14.8. The lowest BCUT2D eigenvalue weighted by Gasteiger charge is -2.33. The summed E-state index contributed by atoms with van der Waals surface area (Å²) in [6.07, 6.45) is 4.54. The van der Waals surface area contributed by atoms with Gasteiger partial charge in [0.2, 0.25) is 17.6 Å². The van der Waals surface area contributed by atoms with Crippen molar-refractivity contribution in [3.8, 4) is 23.3 Å². The number of likely N-dealkylation sites (N-methyl/N-ethyl adjacent to an activating group) is 1. The highest BCUT2D eigenvalue weighted by Gasteiger charge is 2.43. The van der Waals surface area contributed by atoms with Gasteiger partial charge in [0.25, 0.3) is 0 Å². The van der Waals surface area contributed by atoms with E-state index in [1.54, 1.807) is 4.90 Å². The van der Waals surface area contributed by atoms with Crippen molar-refractivity contribution in [3.63, 3.8) is 0 Å². The Kier molecular flexibility index (Phi) is 7.17. The van der Waals surface area contributed by atoms with E-state index in [4.69, 9.17) is 25.0 Å². The maximum absolute atomic E-state index is 12.1. The van der Waals surface area contributed by atoms with E-state index in [1.165, 1.54) is 17.4 Å². The van der Waals surface area contributed by atoms with E-state index in [-0.39, 0.29) is 12.0 Å². The first-order chi connectivity index (χ1) is 19.8. The number of pyridine rings is 1. The molecule has 5 heterocycles. The van der Waals surface area contributed by atoms with Crippen molar-refractivity contribution in [2.24, 2.45) is 0 Å². The van der Waals surface area contributed by atoms with E-state index >= 15 is 0 Å². The lowest BCUT2D eigenvalue weighted by Crippen LogP contribution is -2.44. The number of fused-ring (bicyclic) bond motifs is 1. The minimum Gasteiger partial charge on any atom is -0.488 e. The Labute approximate surface area is 243 Å². The normalized spacial score (nSPS) is 22.8. The minimum absolute atomic E-state index is 0.0877. The van der Waals surface area contributed by atoms with E-state index in [0.717, 1.165) is 68.1 Å². The van der Waals surface area contributed by atoms with Crippen LogP contribution in [-0.2, 0) is 16.6 Å². The summed E-state index contributed by atoms with van der Waals surface area (Å²) in [5.74, 6) is 2.17. The molecule has 0 bridgehead atoms. The standard InChI is InChI=1S/C29H34N8O3S/c1-4-24(38)37-9-7-18(17-37)39-19-14-21(32-23(15-19)36-12-10-35(3)11-13-36)27-33-28(40-34-27)29(2)8-5-6-22-25(29)20(16-30)26(31)41-22/h4,14-15,18H,1,5-13,17,31H2,2-3H3/t18-,29+/m1/s1. The summed E-state index contributed by atoms with van der Waals surface area (Å²) < 4.78 is 12.3. The molecule has 11 nitrogen and oxygen atoms in total. The third-order valence-corrected chi connectivity index (χ3v) is 9.51. The van der Waals surface area contributed by atoms with Crippen molar-refractivity contribution in [1.29, 1.82) is 5.26 Å². The fourth-order valence-corrected chi connectivity index (χ4v) is 7.27. The van der Waals surface area contributed by atoms with Crippen LogP contribution in [0, 0.1) is 11.3 Å². The number of thiophene rings is 1. The number of carbonyl (C=O) groups is 1. The van der Waals surface area contributed by atoms with Crippen LogP contribution in [0.4, 0.5) is 10.8 Å². The number of carbonyl (C=O) groups excluding carboxylic acids is 1. The third-order valence-electron chi connectivity index (χ3n) is 8.43. The number of amides is 1. The second kappa shape index (κ2) is 10.8. The number of aromatic nitrogens is 3. The molecule has 3 aromatic heterocycles. The molecule has 2 N–H and O–H groups in total. The maximum Gasteiger partial charge on any atom is 0.246 e. The highest BCUT2D eigenvalue weighted by molar-refractivity contribution is 7.16. The fourth-order valence-electron chi connectivity index (χ4n) is 6.08. The zero-order chi connectivity index (χ0) is 28.7. The highest BCUT2D eigenvalue weighted by Crippen LogP contribution is 2.48. The summed E-state index contributed by atoms with van der Waals surface area (Å²) in [5, 5.41) is 14.7. The molecule has 1 amide bonds. The predicted octanol–water partition coefficient (Wildman–Crippen LogP) is 3.21. The number of anilines is 2. The molecule has 2 fully saturated rings. The van der Waals surface area contributed by atoms with Gasteiger partial charge in [0.1, 0.15) is 34.4 Å². The van der Waals surface area contributed by atoms with Crippen molar-refractivity contribution in [2.75, 3.05) is 56.9 Å². The quantitative estimate of drug-likeness (QED) is 0.437. The summed E-state index contributed by atoms with van der Waals surface area (Å²) in [4.78, 5) is 29.3. The molecule has 12 heteroatoms. The van der Waals surface area contributed by atoms with Crippen LogP contribution in [-0.4, -0.2) is 83.3 Å². The van der Waals surface area contributed by atoms with E-state index in [9.17, 15) is 10.1 Å². The number of nitrogens with two attached hydrogens (primary N) is 1. The number of hydrogen-bond donors (Lipinski definition) is 1. The summed E-state index contributed by atoms with van der Waals surface area (Å²) in [5.41, 5.74) is 7.57. The Hall–Kier alpha value is -3.95. The van der Waals surface area contributed by atoms with Crippen LogP contribution in [0.15, 0.2) is 29.3 Å². The van der Waals surface area contributed by atoms with Crippen molar-refractivity contribution >= 4 is 28.1 Å². The van der Waals surface area contributed by atoms with Crippen LogP contribution < -0.4 is 15.4 Å². The largest absolute Gasteiger partial charge is 0.488 e. The highest BCUT2D eigenvalue weighted by atomic mass is 32.1. The molecule has 214 valence electrons. The van der Waals surface area contributed by atoms with Gasteiger partial charge in [0.15, 0.2) is 0 Å². The molecule has 6 rings (SSSR count). The van der Waals surface area contributed by atoms with Gasteiger partial charge in [-0.25, -0.2) is 4.98 Å². The van der Waals surface area contributed by atoms with E-state index in [2.05, 4.69) is 34.7 Å². The molecule has 0 unspecified atom stereocenters. The topological polar surface area (TPSA) is 138 Å². The van der Waals surface area contributed by atoms with Crippen LogP contribution in [0.25, 0.3) is 11.5 Å². The summed E-state index contributed by atoms with van der Waals surface area (Å²) >= 11 is 1.48. The van der Waals surface area contributed by atoms with Crippen molar-refractivity contribution < 1.29 is 14.1 Å². The lowest BCUT2D eigenvalue weighted by molar-refractivity contribution is -0.125. The SMILES string of the molecule is C=CC(=O)N1CC[C@@H](Oc2cc(-c3noc([C@@]4(C)CCCc5sc(N)c(C#N)c54)n3)nc(N3CCN(C)CC3)c2)C1. The zero-order valence-corrected chi connectivity index (χ0v) is 24.2. The summed E-state index contributed by atoms with van der Waals surface area (Å²) in [7, 11) is 2.11. The molecule has 2 aliphatic heterocycles. The smallest absolute Gasteiger partial charge is 0.246 e. The summed E-state index contributed by atoms with van der Waals surface area (Å²) in [6.45, 7) is 10.3. The number of piperazine rings is 1. The van der Waals surface area contributed by atoms with Gasteiger partial charge in [-0.1, -0.05) is 11.7 Å². The molecule has 0 saturated carbocycles. The lowest BCUT2D eigenvalue weighted by atomic mass is 9.72. The molecule has 0 spiro atoms. The molecule has 0 radical (unpaired) electrons. The van der Waals surface area contributed by atoms with Crippen LogP contribution in [0.2, 0.25) is 0 Å². The van der Waals surface area contributed by atoms with Crippen molar-refractivity contribution in [2.45, 2.75) is 44.1 Å². The average molecular weight is 575 g/mol. The molecule has 0 aromatic carbocycles. The van der Waals surface area contributed by atoms with Crippen molar-refractivity contribution in [3.05, 3.63) is 46.7 Å². The predicted molar refractivity (Wildman–Crippen MR) is 156 cm³/mol. The molecular weight excluding hydrogens is 540 g/mol. The van der Waals surface area contributed by atoms with Gasteiger partial charge in [-0.3, -0.25) is 4.79 Å². The first-order valence-electron chi connectivity index (χ1n) is 14.0. The molecule has 3 aromatic rings. The number of nitrogens with zero attached hydrogens (tertiary/aromatic N) is 7. The van der Waals surface area contributed by atoms with Crippen LogP contribution >= 0.6 is 11.3 Å². The van der Waals surface area contributed by atoms with Gasteiger partial charge in [-0.15, -0.1) is 11.3 Å². The second-order valence-electron chi connectivity index (χ2n) is 11.2. The van der Waals surface area contributed by atoms with Gasteiger partial charge < -0.3 is 29.7 Å². The zero-order valence-electron chi connectivity index (χ0n) is 23.4. The average Bonchev–Trinajstić information content (AvgIpc) is 3.72. The second-order valence-corrected chi connectivity index (χ2v) is 12.4. The van der Waals surface area contributed by atoms with Gasteiger partial charge in [0.05, 0.1) is 17.5 Å². The molecular formula is C29H34N8O3S. The number of nitriles is 1. The summed E-state index contributed by atoms with van der Waals surface area (Å²) in [6, 6.07) is 6.09. The van der Waals surface area contributed by atoms with Gasteiger partial charge in [-0.05, 0) is 39.3 Å². The van der Waals surface area contributed by atoms with E-state index in [0.29, 0.717) is 46.8 Å². The first kappa shape index (κ1) is 27.2. The van der Waals surface area contributed by atoms with Crippen molar-refractivity contribution in [1.82, 2.24) is 24.9 Å². The van der Waals surface area contributed by atoms with Gasteiger partial charge in [-0.2, -0.15) is 10.2 Å². The Morgan fingerprint density at radius 2 is 2.10 bits per heavy atom. The van der Waals surface area contributed by atoms with Gasteiger partial charge in [0, 0.05) is 61.7 Å². The molecule has 1 aliphatic carbocycles. The molecule has 41 heavy (non-hydrogen) atoms. The number of hydrogen-bond acceptors (Lipinski definition) is 11. The number of likely N-dealkylation sites (tertiary alicyclic amines) is 1. The van der Waals surface area contributed by atoms with E-state index < -0.39 is 5.41 Å². The maximum atomic E-state index is 12.1. The number of ether oxygens (including phenoxy) is 1. The Morgan fingerprint density at radius 1 is 1.29 bits per heavy atom. The minimum atomic E-state index is -0.614. The molecule has 2 atom stereocenters. The van der Waals surface area contributed by atoms with E-state index in [1.807, 2.05) is 19.1 Å². The fraction of sp³-hybridized carbons (Fsp3) is 0.483. The van der Waals surface area contributed by atoms with Crippen LogP contribution in [0.1, 0.15) is 48.1 Å². The Bertz CT molecular complexity index is 1520. The molecule has 2 saturated heterocycles. The van der Waals surface area contributed by atoms with Crippen LogP contribution in [0.3, 0.4) is 0 Å². The number of aryl methyl sites for hydroxylation is 1. The third kappa shape index (κ3) is 5.04. The number of nitrogen functional groups attached to an aromatic ring is 1. The van der Waals surface area contributed by atoms with Crippen LogP contribution in [0.5, 0.6) is 5.75 Å². The number of rotatable bonds is 6. The Morgan fingerprint density at radius 3 is 2.85 bits per heavy atom. The molecule has 3 aliphatic rings. The monoisotopic (exact) mass is 574 g/mol.